The summed E-state index contributed by atoms with van der Waals surface area (Å²) < 4.78 is 5.67. The molecule has 0 fully saturated rings. The van der Waals surface area contributed by atoms with E-state index >= 15 is 0 Å². The molecule has 2 aromatic rings. The minimum absolute atomic E-state index is 0.0787. The second-order valence-corrected chi connectivity index (χ2v) is 5.36. The zero-order chi connectivity index (χ0) is 15.6. The van der Waals surface area contributed by atoms with Crippen molar-refractivity contribution < 1.29 is 9.66 Å². The predicted molar refractivity (Wildman–Crippen MR) is 83.7 cm³/mol. The number of hydrogen-bond acceptors (Lipinski definition) is 3. The van der Waals surface area contributed by atoms with Crippen LogP contribution in [0.3, 0.4) is 0 Å². The minimum Gasteiger partial charge on any atom is -0.448 e. The third-order valence-electron chi connectivity index (χ3n) is 2.96. The number of nitrogens with zero attached hydrogens (tertiary/aromatic N) is 1. The smallest absolute Gasteiger partial charge is 0.312 e. The summed E-state index contributed by atoms with van der Waals surface area (Å²) in [6, 6.07) is 8.40. The highest BCUT2D eigenvalue weighted by Gasteiger charge is 2.20. The van der Waals surface area contributed by atoms with Crippen LogP contribution < -0.4 is 4.74 Å². The van der Waals surface area contributed by atoms with Crippen molar-refractivity contribution >= 4 is 28.9 Å². The molecule has 0 radical (unpaired) electrons. The van der Waals surface area contributed by atoms with Crippen LogP contribution in [-0.4, -0.2) is 4.92 Å². The molecule has 0 bridgehead atoms. The van der Waals surface area contributed by atoms with Crippen molar-refractivity contribution in [2.24, 2.45) is 0 Å². The highest BCUT2D eigenvalue weighted by molar-refractivity contribution is 6.32. The Morgan fingerprint density at radius 2 is 1.95 bits per heavy atom. The first-order valence-corrected chi connectivity index (χ1v) is 7.11. The van der Waals surface area contributed by atoms with Gasteiger partial charge in [0.1, 0.15) is 5.75 Å². The Morgan fingerprint density at radius 3 is 2.52 bits per heavy atom. The first-order valence-electron chi connectivity index (χ1n) is 6.20. The van der Waals surface area contributed by atoms with Crippen LogP contribution in [-0.2, 0) is 5.88 Å². The molecule has 4 nitrogen and oxygen atoms in total. The predicted octanol–water partition coefficient (Wildman–Crippen LogP) is 5.40. The van der Waals surface area contributed by atoms with Crippen molar-refractivity contribution in [3.05, 3.63) is 62.2 Å². The largest absolute Gasteiger partial charge is 0.448 e. The number of nitro groups is 1. The summed E-state index contributed by atoms with van der Waals surface area (Å²) in [5.41, 5.74) is 2.25. The van der Waals surface area contributed by atoms with E-state index in [0.29, 0.717) is 22.2 Å². The second kappa shape index (κ2) is 6.33. The molecule has 0 amide bonds. The maximum absolute atomic E-state index is 11.2. The normalized spacial score (nSPS) is 10.5. The molecule has 0 aliphatic rings. The molecule has 0 spiro atoms. The van der Waals surface area contributed by atoms with E-state index in [-0.39, 0.29) is 11.4 Å². The van der Waals surface area contributed by atoms with Gasteiger partial charge in [0.25, 0.3) is 0 Å². The van der Waals surface area contributed by atoms with Crippen molar-refractivity contribution in [1.82, 2.24) is 0 Å². The van der Waals surface area contributed by atoms with Gasteiger partial charge < -0.3 is 4.74 Å². The monoisotopic (exact) mass is 325 g/mol. The van der Waals surface area contributed by atoms with Gasteiger partial charge in [-0.25, -0.2) is 0 Å². The summed E-state index contributed by atoms with van der Waals surface area (Å²) in [6.07, 6.45) is 0. The molecule has 0 unspecified atom stereocenters. The molecule has 0 saturated carbocycles. The number of rotatable bonds is 4. The van der Waals surface area contributed by atoms with Gasteiger partial charge in [0.15, 0.2) is 0 Å². The first kappa shape index (κ1) is 15.6. The topological polar surface area (TPSA) is 52.4 Å². The van der Waals surface area contributed by atoms with Gasteiger partial charge in [-0.2, -0.15) is 0 Å². The molecular formula is C15H13Cl2NO3. The van der Waals surface area contributed by atoms with Crippen LogP contribution in [0.1, 0.15) is 16.7 Å². The van der Waals surface area contributed by atoms with Crippen LogP contribution in [0.5, 0.6) is 11.5 Å². The quantitative estimate of drug-likeness (QED) is 0.430. The zero-order valence-corrected chi connectivity index (χ0v) is 13.0. The van der Waals surface area contributed by atoms with Gasteiger partial charge in [-0.3, -0.25) is 10.1 Å². The van der Waals surface area contributed by atoms with E-state index in [1.165, 1.54) is 6.07 Å². The molecule has 0 aromatic heterocycles. The van der Waals surface area contributed by atoms with Crippen molar-refractivity contribution in [3.63, 3.8) is 0 Å². The minimum atomic E-state index is -0.462. The van der Waals surface area contributed by atoms with Crippen molar-refractivity contribution in [2.75, 3.05) is 0 Å². The highest BCUT2D eigenvalue weighted by Crippen LogP contribution is 2.38. The van der Waals surface area contributed by atoms with Gasteiger partial charge in [-0.05, 0) is 42.7 Å². The number of halogens is 2. The zero-order valence-electron chi connectivity index (χ0n) is 11.5. The fourth-order valence-corrected chi connectivity index (χ4v) is 2.43. The molecule has 6 heteroatoms. The molecule has 21 heavy (non-hydrogen) atoms. The molecule has 110 valence electrons. The summed E-state index contributed by atoms with van der Waals surface area (Å²) in [5.74, 6) is 0.899. The Labute approximate surface area is 132 Å². The lowest BCUT2D eigenvalue weighted by atomic mass is 10.1. The van der Waals surface area contributed by atoms with Gasteiger partial charge in [0.2, 0.25) is 5.75 Å². The van der Waals surface area contributed by atoms with Crippen molar-refractivity contribution in [3.8, 4) is 11.5 Å². The number of hydrogen-bond donors (Lipinski definition) is 0. The first-order chi connectivity index (χ1) is 9.92. The van der Waals surface area contributed by atoms with Gasteiger partial charge in [0, 0.05) is 11.9 Å². The Morgan fingerprint density at radius 1 is 1.24 bits per heavy atom. The van der Waals surface area contributed by atoms with Gasteiger partial charge in [-0.15, -0.1) is 11.6 Å². The molecule has 2 rings (SSSR count). The third kappa shape index (κ3) is 3.46. The van der Waals surface area contributed by atoms with Gasteiger partial charge in [0.05, 0.1) is 9.95 Å². The van der Waals surface area contributed by atoms with Crippen LogP contribution in [0.4, 0.5) is 5.69 Å². The molecule has 0 saturated heterocycles. The molecule has 0 atom stereocenters. The Balaban J connectivity index is 2.46. The Bertz CT molecular complexity index is 702. The van der Waals surface area contributed by atoms with E-state index in [0.717, 1.165) is 11.1 Å². The highest BCUT2D eigenvalue weighted by atomic mass is 35.5. The summed E-state index contributed by atoms with van der Waals surface area (Å²) in [4.78, 5) is 10.7. The van der Waals surface area contributed by atoms with E-state index in [4.69, 9.17) is 27.9 Å². The lowest BCUT2D eigenvalue weighted by molar-refractivity contribution is -0.385. The maximum Gasteiger partial charge on any atom is 0.312 e. The number of ether oxygens (including phenoxy) is 1. The summed E-state index contributed by atoms with van der Waals surface area (Å²) in [7, 11) is 0. The van der Waals surface area contributed by atoms with E-state index in [1.54, 1.807) is 32.0 Å². The molecule has 0 heterocycles. The number of nitro benzene ring substituents is 1. The average molecular weight is 326 g/mol. The third-order valence-corrected chi connectivity index (χ3v) is 3.56. The SMILES string of the molecule is Cc1cc(C)c(Oc2ccc(CCl)cc2Cl)c([N+](=O)[O-])c1. The van der Waals surface area contributed by atoms with Crippen LogP contribution >= 0.6 is 23.2 Å². The maximum atomic E-state index is 11.2. The Hall–Kier alpha value is -1.78. The van der Waals surface area contributed by atoms with Crippen LogP contribution in [0.25, 0.3) is 0 Å². The number of benzene rings is 2. The summed E-state index contributed by atoms with van der Waals surface area (Å²) in [6.45, 7) is 3.56. The average Bonchev–Trinajstić information content (AvgIpc) is 2.42. The van der Waals surface area contributed by atoms with Gasteiger partial charge >= 0.3 is 5.69 Å². The molecule has 0 N–H and O–H groups in total. The van der Waals surface area contributed by atoms with Crippen LogP contribution in [0, 0.1) is 24.0 Å². The fraction of sp³-hybridized carbons (Fsp3) is 0.200. The van der Waals surface area contributed by atoms with Gasteiger partial charge in [-0.1, -0.05) is 23.7 Å². The number of aryl methyl sites for hydroxylation is 2. The Kier molecular flexibility index (Phi) is 4.70. The summed E-state index contributed by atoms with van der Waals surface area (Å²) in [5, 5.41) is 11.5. The summed E-state index contributed by atoms with van der Waals surface area (Å²) >= 11 is 11.9. The lowest BCUT2D eigenvalue weighted by Crippen LogP contribution is -1.97. The molecule has 0 aliphatic carbocycles. The number of alkyl halides is 1. The van der Waals surface area contributed by atoms with E-state index < -0.39 is 4.92 Å². The molecule has 0 aliphatic heterocycles. The lowest BCUT2D eigenvalue weighted by Gasteiger charge is -2.12. The molecular weight excluding hydrogens is 313 g/mol. The van der Waals surface area contributed by atoms with Crippen LogP contribution in [0.2, 0.25) is 5.02 Å². The van der Waals surface area contributed by atoms with Crippen molar-refractivity contribution in [2.45, 2.75) is 19.7 Å². The standard InChI is InChI=1S/C15H13Cl2NO3/c1-9-5-10(2)15(13(6-9)18(19)20)21-14-4-3-11(8-16)7-12(14)17/h3-7H,8H2,1-2H3. The van der Waals surface area contributed by atoms with Crippen molar-refractivity contribution in [1.29, 1.82) is 0 Å². The van der Waals surface area contributed by atoms with E-state index in [9.17, 15) is 10.1 Å². The van der Waals surface area contributed by atoms with E-state index in [2.05, 4.69) is 0 Å². The van der Waals surface area contributed by atoms with E-state index in [1.807, 2.05) is 6.07 Å². The second-order valence-electron chi connectivity index (χ2n) is 4.69. The van der Waals surface area contributed by atoms with Crippen LogP contribution in [0.15, 0.2) is 30.3 Å². The fourth-order valence-electron chi connectivity index (χ4n) is 2.02. The molecule has 2 aromatic carbocycles.